The average Bonchev–Trinajstić information content (AvgIpc) is 2.84. The third-order valence-electron chi connectivity index (χ3n) is 5.41. The summed E-state index contributed by atoms with van der Waals surface area (Å²) in [5, 5.41) is 12.2. The molecule has 4 rings (SSSR count). The molecule has 0 bridgehead atoms. The molecule has 1 fully saturated rings. The van der Waals surface area contributed by atoms with E-state index in [-0.39, 0.29) is 11.8 Å². The molecular formula is C24H23N5O2. The summed E-state index contributed by atoms with van der Waals surface area (Å²) in [4.78, 5) is 23.8. The summed E-state index contributed by atoms with van der Waals surface area (Å²) in [5.74, 6) is 1.45. The maximum atomic E-state index is 12.9. The molecule has 7 nitrogen and oxygen atoms in total. The average molecular weight is 413 g/mol. The zero-order valence-corrected chi connectivity index (χ0v) is 17.3. The lowest BCUT2D eigenvalue weighted by Gasteiger charge is -2.32. The van der Waals surface area contributed by atoms with E-state index in [1.54, 1.807) is 37.6 Å². The van der Waals surface area contributed by atoms with Gasteiger partial charge in [-0.3, -0.25) is 4.79 Å². The van der Waals surface area contributed by atoms with E-state index in [1.165, 1.54) is 0 Å². The predicted molar refractivity (Wildman–Crippen MR) is 117 cm³/mol. The zero-order valence-electron chi connectivity index (χ0n) is 17.3. The maximum Gasteiger partial charge on any atom is 0.253 e. The number of amides is 1. The van der Waals surface area contributed by atoms with Crippen molar-refractivity contribution in [2.24, 2.45) is 0 Å². The minimum atomic E-state index is -0.0140. The van der Waals surface area contributed by atoms with Crippen LogP contribution in [0.2, 0.25) is 0 Å². The number of carbonyl (C=O) groups excluding carboxylic acids is 1. The Hall–Kier alpha value is -3.92. The van der Waals surface area contributed by atoms with Crippen LogP contribution in [0.5, 0.6) is 5.75 Å². The Balaban J connectivity index is 1.45. The van der Waals surface area contributed by atoms with Crippen LogP contribution in [-0.4, -0.2) is 41.0 Å². The van der Waals surface area contributed by atoms with Gasteiger partial charge in [-0.2, -0.15) is 5.26 Å². The van der Waals surface area contributed by atoms with Crippen molar-refractivity contribution < 1.29 is 9.53 Å². The fourth-order valence-corrected chi connectivity index (χ4v) is 3.74. The van der Waals surface area contributed by atoms with Gasteiger partial charge in [-0.1, -0.05) is 0 Å². The van der Waals surface area contributed by atoms with E-state index in [2.05, 4.69) is 16.4 Å². The van der Waals surface area contributed by atoms with Gasteiger partial charge in [-0.25, -0.2) is 9.97 Å². The van der Waals surface area contributed by atoms with Gasteiger partial charge in [0.05, 0.1) is 24.4 Å². The number of rotatable bonds is 5. The normalized spacial score (nSPS) is 15.7. The first-order valence-electron chi connectivity index (χ1n) is 10.2. The van der Waals surface area contributed by atoms with Gasteiger partial charge in [0.25, 0.3) is 5.91 Å². The van der Waals surface area contributed by atoms with Crippen molar-refractivity contribution in [3.05, 3.63) is 77.6 Å². The van der Waals surface area contributed by atoms with Crippen LogP contribution in [-0.2, 0) is 0 Å². The summed E-state index contributed by atoms with van der Waals surface area (Å²) in [6, 6.07) is 18.3. The molecule has 1 unspecified atom stereocenters. The standard InChI is InChI=1S/C24H23N5O2/c1-31-21-10-8-20(9-11-21)27-24-26-13-12-22(28-24)19-3-2-14-29(16-19)23(30)18-6-4-17(15-25)5-7-18/h4-13,19H,2-3,14,16H2,1H3,(H,26,27,28). The minimum absolute atomic E-state index is 0.0140. The molecule has 1 aromatic heterocycles. The Bertz CT molecular complexity index is 1090. The van der Waals surface area contributed by atoms with Gasteiger partial charge in [-0.05, 0) is 67.4 Å². The number of nitrogens with one attached hydrogen (secondary N) is 1. The maximum absolute atomic E-state index is 12.9. The van der Waals surface area contributed by atoms with Crippen LogP contribution >= 0.6 is 0 Å². The van der Waals surface area contributed by atoms with Gasteiger partial charge in [0.1, 0.15) is 5.75 Å². The molecule has 31 heavy (non-hydrogen) atoms. The fourth-order valence-electron chi connectivity index (χ4n) is 3.74. The molecule has 156 valence electrons. The Morgan fingerprint density at radius 3 is 2.65 bits per heavy atom. The number of piperidine rings is 1. The number of ether oxygens (including phenoxy) is 1. The third-order valence-corrected chi connectivity index (χ3v) is 5.41. The van der Waals surface area contributed by atoms with E-state index in [0.29, 0.717) is 23.6 Å². The Morgan fingerprint density at radius 2 is 1.94 bits per heavy atom. The van der Waals surface area contributed by atoms with Gasteiger partial charge in [-0.15, -0.1) is 0 Å². The lowest BCUT2D eigenvalue weighted by molar-refractivity contribution is 0.0706. The first-order chi connectivity index (χ1) is 15.2. The Kier molecular flexibility index (Phi) is 6.08. The van der Waals surface area contributed by atoms with Crippen LogP contribution in [0.15, 0.2) is 60.8 Å². The highest BCUT2D eigenvalue weighted by Crippen LogP contribution is 2.27. The number of likely N-dealkylation sites (tertiary alicyclic amines) is 1. The van der Waals surface area contributed by atoms with Crippen molar-refractivity contribution in [2.45, 2.75) is 18.8 Å². The van der Waals surface area contributed by atoms with Crippen molar-refractivity contribution in [3.63, 3.8) is 0 Å². The zero-order chi connectivity index (χ0) is 21.6. The van der Waals surface area contributed by atoms with E-state index in [9.17, 15) is 4.79 Å². The molecule has 2 heterocycles. The lowest BCUT2D eigenvalue weighted by Crippen LogP contribution is -2.39. The highest BCUT2D eigenvalue weighted by atomic mass is 16.5. The van der Waals surface area contributed by atoms with E-state index >= 15 is 0 Å². The van der Waals surface area contributed by atoms with Crippen LogP contribution in [0, 0.1) is 11.3 Å². The lowest BCUT2D eigenvalue weighted by atomic mass is 9.94. The smallest absolute Gasteiger partial charge is 0.253 e. The first-order valence-corrected chi connectivity index (χ1v) is 10.2. The van der Waals surface area contributed by atoms with Crippen molar-refractivity contribution in [3.8, 4) is 11.8 Å². The van der Waals surface area contributed by atoms with Gasteiger partial charge in [0.15, 0.2) is 0 Å². The van der Waals surface area contributed by atoms with Crippen molar-refractivity contribution >= 4 is 17.5 Å². The molecule has 0 spiro atoms. The Morgan fingerprint density at radius 1 is 1.16 bits per heavy atom. The Labute approximate surface area is 181 Å². The minimum Gasteiger partial charge on any atom is -0.497 e. The largest absolute Gasteiger partial charge is 0.497 e. The van der Waals surface area contributed by atoms with E-state index < -0.39 is 0 Å². The van der Waals surface area contributed by atoms with E-state index in [4.69, 9.17) is 15.0 Å². The van der Waals surface area contributed by atoms with Crippen molar-refractivity contribution in [1.29, 1.82) is 5.26 Å². The molecular weight excluding hydrogens is 390 g/mol. The quantitative estimate of drug-likeness (QED) is 0.677. The van der Waals surface area contributed by atoms with Crippen LogP contribution in [0.3, 0.4) is 0 Å². The molecule has 1 atom stereocenters. The summed E-state index contributed by atoms with van der Waals surface area (Å²) in [7, 11) is 1.63. The number of hydrogen-bond donors (Lipinski definition) is 1. The number of anilines is 2. The van der Waals surface area contributed by atoms with Crippen LogP contribution in [0.1, 0.15) is 40.4 Å². The summed E-state index contributed by atoms with van der Waals surface area (Å²) in [6.07, 6.45) is 3.63. The predicted octanol–water partition coefficient (Wildman–Crippen LogP) is 4.12. The second-order valence-corrected chi connectivity index (χ2v) is 7.44. The first kappa shape index (κ1) is 20.4. The number of hydrogen-bond acceptors (Lipinski definition) is 6. The molecule has 1 N–H and O–H groups in total. The van der Waals surface area contributed by atoms with Crippen molar-refractivity contribution in [1.82, 2.24) is 14.9 Å². The molecule has 1 saturated heterocycles. The molecule has 0 saturated carbocycles. The molecule has 1 aliphatic heterocycles. The molecule has 3 aromatic rings. The number of nitrogens with zero attached hydrogens (tertiary/aromatic N) is 4. The van der Waals surface area contributed by atoms with Crippen LogP contribution in [0.4, 0.5) is 11.6 Å². The topological polar surface area (TPSA) is 91.1 Å². The second-order valence-electron chi connectivity index (χ2n) is 7.44. The summed E-state index contributed by atoms with van der Waals surface area (Å²) < 4.78 is 5.19. The van der Waals surface area contributed by atoms with Crippen molar-refractivity contribution in [2.75, 3.05) is 25.5 Å². The van der Waals surface area contributed by atoms with Gasteiger partial charge in [0.2, 0.25) is 5.95 Å². The second kappa shape index (κ2) is 9.26. The number of benzene rings is 2. The van der Waals surface area contributed by atoms with Crippen LogP contribution in [0.25, 0.3) is 0 Å². The monoisotopic (exact) mass is 413 g/mol. The molecule has 2 aromatic carbocycles. The van der Waals surface area contributed by atoms with Gasteiger partial charge < -0.3 is 15.0 Å². The SMILES string of the molecule is COc1ccc(Nc2nccc(C3CCCN(C(=O)c4ccc(C#N)cc4)C3)n2)cc1. The van der Waals surface area contributed by atoms with Gasteiger partial charge >= 0.3 is 0 Å². The third kappa shape index (κ3) is 4.81. The number of methoxy groups -OCH3 is 1. The molecule has 0 aliphatic carbocycles. The van der Waals surface area contributed by atoms with Gasteiger partial charge in [0, 0.05) is 36.5 Å². The van der Waals surface area contributed by atoms with E-state index in [1.807, 2.05) is 35.2 Å². The fraction of sp³-hybridized carbons (Fsp3) is 0.250. The summed E-state index contributed by atoms with van der Waals surface area (Å²) in [5.41, 5.74) is 2.94. The molecule has 1 aliphatic rings. The number of nitriles is 1. The highest BCUT2D eigenvalue weighted by Gasteiger charge is 2.26. The number of aromatic nitrogens is 2. The van der Waals surface area contributed by atoms with Crippen LogP contribution < -0.4 is 10.1 Å². The molecule has 1 amide bonds. The summed E-state index contributed by atoms with van der Waals surface area (Å²) in [6.45, 7) is 1.33. The molecule has 0 radical (unpaired) electrons. The van der Waals surface area contributed by atoms with E-state index in [0.717, 1.165) is 36.5 Å². The highest BCUT2D eigenvalue weighted by molar-refractivity contribution is 5.94. The number of carbonyl (C=O) groups is 1. The molecule has 7 heteroatoms. The summed E-state index contributed by atoms with van der Waals surface area (Å²) >= 11 is 0.